The molecule has 0 saturated heterocycles. The van der Waals surface area contributed by atoms with Crippen LogP contribution in [0.15, 0.2) is 47.5 Å². The molecule has 0 fully saturated rings. The highest BCUT2D eigenvalue weighted by Gasteiger charge is 2.16. The van der Waals surface area contributed by atoms with Gasteiger partial charge in [-0.3, -0.25) is 19.0 Å². The molecule has 0 bridgehead atoms. The van der Waals surface area contributed by atoms with Crippen LogP contribution in [0.2, 0.25) is 0 Å². The zero-order chi connectivity index (χ0) is 21.1. The summed E-state index contributed by atoms with van der Waals surface area (Å²) in [5.74, 6) is -0.647. The molecule has 1 N–H and O–H groups in total. The van der Waals surface area contributed by atoms with Gasteiger partial charge in [0.05, 0.1) is 23.8 Å². The molecule has 0 unspecified atom stereocenters. The number of nitrogens with zero attached hydrogens (tertiary/aromatic N) is 3. The second-order valence-electron chi connectivity index (χ2n) is 7.19. The van der Waals surface area contributed by atoms with E-state index in [0.29, 0.717) is 10.9 Å². The molecule has 0 aliphatic carbocycles. The number of benzene rings is 2. The molecule has 2 amide bonds. The summed E-state index contributed by atoms with van der Waals surface area (Å²) in [6, 6.07) is 11.0. The topological polar surface area (TPSA) is 84.3 Å². The Bertz CT molecular complexity index is 1150. The zero-order valence-electron chi connectivity index (χ0n) is 17.0. The molecule has 0 aliphatic heterocycles. The molecule has 0 radical (unpaired) electrons. The highest BCUT2D eigenvalue weighted by molar-refractivity contribution is 5.95. The van der Waals surface area contributed by atoms with Crippen molar-refractivity contribution in [2.45, 2.75) is 27.3 Å². The predicted molar refractivity (Wildman–Crippen MR) is 113 cm³/mol. The minimum atomic E-state index is -0.350. The average Bonchev–Trinajstić information content (AvgIpc) is 2.68. The first-order chi connectivity index (χ1) is 13.8. The van der Waals surface area contributed by atoms with E-state index in [1.807, 2.05) is 45.0 Å². The predicted octanol–water partition coefficient (Wildman–Crippen LogP) is 2.42. The first-order valence-electron chi connectivity index (χ1n) is 9.32. The summed E-state index contributed by atoms with van der Waals surface area (Å²) in [4.78, 5) is 43.1. The van der Waals surface area contributed by atoms with Gasteiger partial charge in [-0.1, -0.05) is 24.3 Å². The van der Waals surface area contributed by atoms with E-state index in [2.05, 4.69) is 10.3 Å². The Labute approximate surface area is 169 Å². The van der Waals surface area contributed by atoms with Crippen molar-refractivity contribution in [3.63, 3.8) is 0 Å². The molecule has 1 heterocycles. The van der Waals surface area contributed by atoms with Crippen LogP contribution in [-0.2, 0) is 16.1 Å². The lowest BCUT2D eigenvalue weighted by atomic mass is 10.1. The number of fused-ring (bicyclic) bond motifs is 1. The first kappa shape index (κ1) is 20.3. The lowest BCUT2D eigenvalue weighted by Gasteiger charge is -2.18. The number of hydrogen-bond donors (Lipinski definition) is 1. The third-order valence-corrected chi connectivity index (χ3v) is 5.05. The number of likely N-dealkylation sites (N-methyl/N-ethyl adjacent to an activating group) is 1. The molecule has 3 aromatic rings. The van der Waals surface area contributed by atoms with E-state index in [1.54, 1.807) is 12.1 Å². The number of aromatic nitrogens is 2. The SMILES string of the molecule is Cc1cccc(NC(=O)CN(C)C(=O)Cn2cnc3c(C)cccc3c2=O)c1C. The highest BCUT2D eigenvalue weighted by Crippen LogP contribution is 2.17. The van der Waals surface area contributed by atoms with E-state index >= 15 is 0 Å². The molecule has 1 aromatic heterocycles. The standard InChI is InChI=1S/C22H24N4O3/c1-14-7-6-10-18(16(14)3)24-19(27)11-25(4)20(28)12-26-13-23-21-15(2)8-5-9-17(21)22(26)29/h5-10,13H,11-12H2,1-4H3,(H,24,27). The number of carbonyl (C=O) groups is 2. The van der Waals surface area contributed by atoms with Gasteiger partial charge in [0.1, 0.15) is 6.54 Å². The van der Waals surface area contributed by atoms with Crippen molar-refractivity contribution in [2.24, 2.45) is 0 Å². The lowest BCUT2D eigenvalue weighted by molar-refractivity contribution is -0.133. The van der Waals surface area contributed by atoms with Crippen LogP contribution in [0.1, 0.15) is 16.7 Å². The number of hydrogen-bond acceptors (Lipinski definition) is 4. The van der Waals surface area contributed by atoms with Crippen molar-refractivity contribution in [3.8, 4) is 0 Å². The van der Waals surface area contributed by atoms with Crippen LogP contribution in [-0.4, -0.2) is 39.9 Å². The second-order valence-corrected chi connectivity index (χ2v) is 7.19. The Hall–Kier alpha value is -3.48. The molecule has 150 valence electrons. The van der Waals surface area contributed by atoms with Crippen molar-refractivity contribution in [1.82, 2.24) is 14.5 Å². The number of aryl methyl sites for hydroxylation is 2. The first-order valence-corrected chi connectivity index (χ1v) is 9.32. The maximum atomic E-state index is 12.6. The smallest absolute Gasteiger partial charge is 0.261 e. The molecule has 2 aromatic carbocycles. The van der Waals surface area contributed by atoms with E-state index in [0.717, 1.165) is 22.4 Å². The van der Waals surface area contributed by atoms with Gasteiger partial charge in [-0.2, -0.15) is 0 Å². The minimum absolute atomic E-state index is 0.110. The van der Waals surface area contributed by atoms with Crippen LogP contribution in [0.4, 0.5) is 5.69 Å². The van der Waals surface area contributed by atoms with Gasteiger partial charge in [0.15, 0.2) is 0 Å². The van der Waals surface area contributed by atoms with E-state index < -0.39 is 0 Å². The van der Waals surface area contributed by atoms with Crippen LogP contribution in [0, 0.1) is 20.8 Å². The second kappa shape index (κ2) is 8.26. The number of nitrogens with one attached hydrogen (secondary N) is 1. The minimum Gasteiger partial charge on any atom is -0.335 e. The average molecular weight is 392 g/mol. The molecule has 7 nitrogen and oxygen atoms in total. The zero-order valence-corrected chi connectivity index (χ0v) is 17.0. The van der Waals surface area contributed by atoms with Crippen molar-refractivity contribution in [2.75, 3.05) is 18.9 Å². The number of anilines is 1. The Morgan fingerprint density at radius 3 is 2.52 bits per heavy atom. The highest BCUT2D eigenvalue weighted by atomic mass is 16.2. The monoisotopic (exact) mass is 392 g/mol. The maximum absolute atomic E-state index is 12.6. The maximum Gasteiger partial charge on any atom is 0.261 e. The molecule has 29 heavy (non-hydrogen) atoms. The Morgan fingerprint density at radius 2 is 1.76 bits per heavy atom. The van der Waals surface area contributed by atoms with E-state index in [4.69, 9.17) is 0 Å². The van der Waals surface area contributed by atoms with Crippen LogP contribution in [0.25, 0.3) is 10.9 Å². The number of para-hydroxylation sites is 1. The molecule has 0 atom stereocenters. The Morgan fingerprint density at radius 1 is 1.07 bits per heavy atom. The summed E-state index contributed by atoms with van der Waals surface area (Å²) in [7, 11) is 1.54. The van der Waals surface area contributed by atoms with Crippen LogP contribution in [0.3, 0.4) is 0 Å². The van der Waals surface area contributed by atoms with Crippen LogP contribution < -0.4 is 10.9 Å². The van der Waals surface area contributed by atoms with Gasteiger partial charge in [0.25, 0.3) is 5.56 Å². The fourth-order valence-corrected chi connectivity index (χ4v) is 3.10. The van der Waals surface area contributed by atoms with Gasteiger partial charge < -0.3 is 10.2 Å². The summed E-state index contributed by atoms with van der Waals surface area (Å²) in [5, 5.41) is 3.30. The number of carbonyl (C=O) groups excluding carboxylic acids is 2. The fourth-order valence-electron chi connectivity index (χ4n) is 3.10. The van der Waals surface area contributed by atoms with Crippen molar-refractivity contribution in [1.29, 1.82) is 0 Å². The third-order valence-electron chi connectivity index (χ3n) is 5.05. The van der Waals surface area contributed by atoms with Crippen molar-refractivity contribution < 1.29 is 9.59 Å². The van der Waals surface area contributed by atoms with E-state index in [-0.39, 0.29) is 30.5 Å². The van der Waals surface area contributed by atoms with Gasteiger partial charge in [0, 0.05) is 12.7 Å². The number of rotatable bonds is 5. The van der Waals surface area contributed by atoms with Crippen molar-refractivity contribution >= 4 is 28.4 Å². The molecule has 0 spiro atoms. The summed E-state index contributed by atoms with van der Waals surface area (Å²) in [6.45, 7) is 5.49. The van der Waals surface area contributed by atoms with Gasteiger partial charge in [-0.15, -0.1) is 0 Å². The summed E-state index contributed by atoms with van der Waals surface area (Å²) < 4.78 is 1.27. The Balaban J connectivity index is 1.68. The van der Waals surface area contributed by atoms with Gasteiger partial charge in [-0.25, -0.2) is 4.98 Å². The summed E-state index contributed by atoms with van der Waals surface area (Å²) >= 11 is 0. The summed E-state index contributed by atoms with van der Waals surface area (Å²) in [5.41, 5.74) is 4.03. The Kier molecular flexibility index (Phi) is 5.77. The van der Waals surface area contributed by atoms with E-state index in [1.165, 1.54) is 22.8 Å². The van der Waals surface area contributed by atoms with Crippen molar-refractivity contribution in [3.05, 3.63) is 69.8 Å². The van der Waals surface area contributed by atoms with E-state index in [9.17, 15) is 14.4 Å². The third kappa shape index (κ3) is 4.34. The quantitative estimate of drug-likeness (QED) is 0.723. The van der Waals surface area contributed by atoms with Crippen LogP contribution >= 0.6 is 0 Å². The molecular weight excluding hydrogens is 368 g/mol. The van der Waals surface area contributed by atoms with Gasteiger partial charge in [-0.05, 0) is 49.6 Å². The lowest BCUT2D eigenvalue weighted by Crippen LogP contribution is -2.38. The molecule has 3 rings (SSSR count). The molecule has 0 aliphatic rings. The van der Waals surface area contributed by atoms with Crippen LogP contribution in [0.5, 0.6) is 0 Å². The number of amides is 2. The normalized spacial score (nSPS) is 10.8. The molecule has 7 heteroatoms. The fraction of sp³-hybridized carbons (Fsp3) is 0.273. The summed E-state index contributed by atoms with van der Waals surface area (Å²) in [6.07, 6.45) is 1.37. The largest absolute Gasteiger partial charge is 0.335 e. The molecule has 0 saturated carbocycles. The van der Waals surface area contributed by atoms with Gasteiger partial charge in [0.2, 0.25) is 11.8 Å². The molecular formula is C22H24N4O3. The van der Waals surface area contributed by atoms with Gasteiger partial charge >= 0.3 is 0 Å².